The smallest absolute Gasteiger partial charge is 0.327 e. The number of hydrogen-bond acceptors (Lipinski definition) is 30. The highest BCUT2D eigenvalue weighted by atomic mass is 79.9. The Morgan fingerprint density at radius 2 is 0.577 bits per heavy atom. The predicted molar refractivity (Wildman–Crippen MR) is 545 cm³/mol. The van der Waals surface area contributed by atoms with E-state index in [9.17, 15) is 71.2 Å². The monoisotopic (exact) mass is 2110 g/mol. The summed E-state index contributed by atoms with van der Waals surface area (Å²) in [6.07, 6.45) is 5.86. The van der Waals surface area contributed by atoms with Gasteiger partial charge in [-0.05, 0) is 146 Å². The second kappa shape index (κ2) is 47.8. The summed E-state index contributed by atoms with van der Waals surface area (Å²) in [6.45, 7) is 10.7. The van der Waals surface area contributed by atoms with Crippen molar-refractivity contribution in [2.24, 2.45) is 25.8 Å². The number of sulfone groups is 5. The van der Waals surface area contributed by atoms with Crippen molar-refractivity contribution in [3.63, 3.8) is 0 Å². The highest BCUT2D eigenvalue weighted by Crippen LogP contribution is 2.38. The van der Waals surface area contributed by atoms with Crippen LogP contribution in [0.5, 0.6) is 0 Å². The third-order valence-electron chi connectivity index (χ3n) is 25.7. The minimum atomic E-state index is -3.80. The molecule has 33 nitrogen and oxygen atoms in total. The fraction of sp³-hybridized carbons (Fsp3) is 0.379. The molecule has 11 unspecified atom stereocenters. The molecule has 0 saturated carbocycles. The van der Waals surface area contributed by atoms with Gasteiger partial charge < -0.3 is 43.5 Å². The van der Waals surface area contributed by atoms with E-state index in [2.05, 4.69) is 47.2 Å². The Morgan fingerprint density at radius 3 is 0.810 bits per heavy atom. The van der Waals surface area contributed by atoms with E-state index in [0.29, 0.717) is 62.3 Å². The van der Waals surface area contributed by atoms with E-state index in [-0.39, 0.29) is 45.3 Å². The number of ether oxygens (including phenoxy) is 3. The topological polar surface area (TPSA) is 465 Å². The molecule has 6 aliphatic rings. The number of carboxylic acid groups (broad SMARTS) is 1. The molecule has 9 aromatic rings. The van der Waals surface area contributed by atoms with Crippen molar-refractivity contribution in [2.75, 3.05) is 51.1 Å². The highest BCUT2D eigenvalue weighted by molar-refractivity contribution is 9.10. The van der Waals surface area contributed by atoms with Crippen molar-refractivity contribution < 1.29 is 120 Å². The van der Waals surface area contributed by atoms with E-state index in [4.69, 9.17) is 48.4 Å². The first-order chi connectivity index (χ1) is 67.1. The number of oxime groups is 5. The average Bonchev–Trinajstić information content (AvgIpc) is 1.52. The molecule has 4 N–H and O–H groups in total. The number of esters is 2. The van der Waals surface area contributed by atoms with Gasteiger partial charge in [0.25, 0.3) is 11.8 Å². The van der Waals surface area contributed by atoms with Gasteiger partial charge in [0.1, 0.15) is 30.5 Å². The molecule has 6 heterocycles. The first kappa shape index (κ1) is 110. The third-order valence-corrected chi connectivity index (χ3v) is 36.1. The molecule has 15 rings (SSSR count). The summed E-state index contributed by atoms with van der Waals surface area (Å²) in [5.74, 6) is -4.62. The maximum atomic E-state index is 12.9. The van der Waals surface area contributed by atoms with Crippen LogP contribution in [0.15, 0.2) is 273 Å². The second-order valence-corrected chi connectivity index (χ2v) is 49.3. The van der Waals surface area contributed by atoms with Crippen molar-refractivity contribution in [3.8, 4) is 44.5 Å². The van der Waals surface area contributed by atoms with E-state index in [1.807, 2.05) is 243 Å². The molecule has 0 aromatic heterocycles. The van der Waals surface area contributed by atoms with Crippen molar-refractivity contribution >= 4 is 123 Å². The Bertz CT molecular complexity index is 6700. The Labute approximate surface area is 836 Å². The van der Waals surface area contributed by atoms with Gasteiger partial charge in [-0.1, -0.05) is 272 Å². The van der Waals surface area contributed by atoms with E-state index in [0.717, 1.165) is 132 Å². The molecule has 1 fully saturated rings. The molecule has 1 saturated heterocycles. The van der Waals surface area contributed by atoms with Gasteiger partial charge >= 0.3 is 17.9 Å². The number of carboxylic acids is 1. The van der Waals surface area contributed by atoms with Crippen molar-refractivity contribution in [1.82, 2.24) is 11.0 Å². The van der Waals surface area contributed by atoms with Gasteiger partial charge in [0.05, 0.1) is 41.8 Å². The van der Waals surface area contributed by atoms with Gasteiger partial charge in [0.15, 0.2) is 79.2 Å². The van der Waals surface area contributed by atoms with Gasteiger partial charge in [-0.15, -0.1) is 0 Å². The zero-order valence-electron chi connectivity index (χ0n) is 80.7. The standard InChI is InChI=1S/C25H30N2O6S.C22H25NO5S.C20H22N2O5S.C20H21NO5S.C16H20BrNO5S/c1-25(34(2,29)30,24(28)27-33-23-10-6-7-15-31-23)17-21-16-22(26-32-21)20-13-11-19(12-14-20)18-8-4-3-5-9-18;1-4-27-21(24)22(2,29(3,25)26)15-19-14-20(23-28-19)18-12-10-17(11-13-18)16-8-6-5-7-9-16;1-20(19(23)21-24,28(2,25)26)13-17-12-18(22-27-17)16-10-8-15(9-11-16)14-6-4-3-5-7-14;1-20(19(22)23,27(2,24)25)13-17-12-18(21-26-17)16-10-8-15(9-11-16)14-6-4-3-5-7-14;1-4-22-15(19)16(2,24(3,20)21)10-13-9-14(18-23-13)11-5-7-12(17)8-6-11/h3-5,8-9,11-14,21,23H,6-7,10,15-17H2,1-2H3,(H,27,28);5-13,19H,4,14-15H2,1-3H3;3-11,17,24H,12-13H2,1-2H3,(H,21,23);3-11,17H,12-13H2,1-2H3,(H,22,23);5-8,13H,4,9-10H2,1-3H3. The number of carbonyl (C=O) groups excluding carboxylic acids is 4. The SMILES string of the molecule is CC(CC1CC(c2ccc(-c3ccccc3)cc2)=NO1)(C(=O)NO)S(C)(=O)=O.CC(CC1CC(c2ccc(-c3ccccc3)cc2)=NO1)(C(=O)NOC1CCCCO1)S(C)(=O)=O.CC(CC1CC(c2ccc(-c3ccccc3)cc2)=NO1)(C(=O)O)S(C)(=O)=O.CCOC(=O)C(C)(CC1CC(c2ccc(-c3ccccc3)cc2)=NO1)S(C)(=O)=O.CCOC(=O)C(C)(CC1CC(c2ccc(Br)cc2)=NO1)S(C)(=O)=O. The number of nitrogens with zero attached hydrogens (tertiary/aromatic N) is 5. The Balaban J connectivity index is 0.000000170. The molecular weight excluding hydrogens is 1990 g/mol. The molecule has 0 radical (unpaired) electrons. The fourth-order valence-corrected chi connectivity index (χ4v) is 20.5. The fourth-order valence-electron chi connectivity index (χ4n) is 16.0. The van der Waals surface area contributed by atoms with Crippen LogP contribution in [0.25, 0.3) is 44.5 Å². The lowest BCUT2D eigenvalue weighted by Crippen LogP contribution is -2.52. The molecule has 11 atom stereocenters. The first-order valence-electron chi connectivity index (χ1n) is 45.7. The van der Waals surface area contributed by atoms with Gasteiger partial charge in [0, 0.05) is 113 Å². The summed E-state index contributed by atoms with van der Waals surface area (Å²) >= 11 is 3.37. The molecule has 0 aliphatic carbocycles. The number of hydrogen-bond donors (Lipinski definition) is 4. The average molecular weight is 2110 g/mol. The normalized spacial score (nSPS) is 19.8. The zero-order chi connectivity index (χ0) is 103. The third kappa shape index (κ3) is 27.8. The van der Waals surface area contributed by atoms with E-state index in [1.165, 1.54) is 40.1 Å². The number of rotatable bonds is 33. The molecule has 758 valence electrons. The van der Waals surface area contributed by atoms with E-state index in [1.54, 1.807) is 13.8 Å². The number of halogens is 1. The van der Waals surface area contributed by atoms with Crippen LogP contribution in [0.1, 0.15) is 160 Å². The van der Waals surface area contributed by atoms with Crippen LogP contribution in [0.4, 0.5) is 0 Å². The Kier molecular flexibility index (Phi) is 37.1. The molecule has 0 spiro atoms. The molecule has 2 amide bonds. The van der Waals surface area contributed by atoms with Crippen molar-refractivity contribution in [2.45, 2.75) is 192 Å². The lowest BCUT2D eigenvalue weighted by molar-refractivity contribution is -0.201. The lowest BCUT2D eigenvalue weighted by Gasteiger charge is -2.29. The maximum Gasteiger partial charge on any atom is 0.327 e. The second-order valence-electron chi connectivity index (χ2n) is 36.2. The van der Waals surface area contributed by atoms with Crippen LogP contribution in [0, 0.1) is 0 Å². The van der Waals surface area contributed by atoms with Crippen LogP contribution in [-0.2, 0) is 116 Å². The highest BCUT2D eigenvalue weighted by Gasteiger charge is 2.53. The van der Waals surface area contributed by atoms with Gasteiger partial charge in [-0.25, -0.2) is 57.9 Å². The number of nitrogens with one attached hydrogen (secondary N) is 2. The molecule has 142 heavy (non-hydrogen) atoms. The molecule has 0 bridgehead atoms. The molecule has 39 heteroatoms. The van der Waals surface area contributed by atoms with Gasteiger partial charge in [-0.3, -0.25) is 29.2 Å². The van der Waals surface area contributed by atoms with Crippen LogP contribution in [-0.4, -0.2) is 222 Å². The maximum absolute atomic E-state index is 12.9. The number of aliphatic carboxylic acids is 1. The Hall–Kier alpha value is -12.2. The van der Waals surface area contributed by atoms with Crippen LogP contribution < -0.4 is 11.0 Å². The minimum absolute atomic E-state index is 0.00576. The number of carbonyl (C=O) groups is 5. The summed E-state index contributed by atoms with van der Waals surface area (Å²) in [5.41, 5.74) is 20.5. The summed E-state index contributed by atoms with van der Waals surface area (Å²) in [4.78, 5) is 93.3. The van der Waals surface area contributed by atoms with Gasteiger partial charge in [-0.2, -0.15) is 0 Å². The van der Waals surface area contributed by atoms with Crippen LogP contribution in [0.2, 0.25) is 0 Å². The zero-order valence-corrected chi connectivity index (χ0v) is 86.4. The Morgan fingerprint density at radius 1 is 0.345 bits per heavy atom. The quantitative estimate of drug-likeness (QED) is 0.0169. The van der Waals surface area contributed by atoms with Crippen molar-refractivity contribution in [3.05, 3.63) is 275 Å². The largest absolute Gasteiger partial charge is 0.480 e. The van der Waals surface area contributed by atoms with Crippen LogP contribution in [0.3, 0.4) is 0 Å². The van der Waals surface area contributed by atoms with Gasteiger partial charge in [0.2, 0.25) is 0 Å². The lowest BCUT2D eigenvalue weighted by atomic mass is 9.95. The predicted octanol–water partition coefficient (Wildman–Crippen LogP) is 15.6. The summed E-state index contributed by atoms with van der Waals surface area (Å²) in [6, 6.07) is 79.2. The number of hydroxylamine groups is 2. The van der Waals surface area contributed by atoms with Crippen molar-refractivity contribution in [1.29, 1.82) is 0 Å². The number of amides is 2. The minimum Gasteiger partial charge on any atom is -0.480 e. The van der Waals surface area contributed by atoms with E-state index >= 15 is 0 Å². The summed E-state index contributed by atoms with van der Waals surface area (Å²) < 4.78 is 130. The molecular formula is C103H118BrN7O26S5. The summed E-state index contributed by atoms with van der Waals surface area (Å²) in [7, 11) is -18.7. The van der Waals surface area contributed by atoms with Crippen LogP contribution >= 0.6 is 15.9 Å². The summed E-state index contributed by atoms with van der Waals surface area (Å²) in [5, 5.41) is 38.8. The number of benzene rings is 9. The van der Waals surface area contributed by atoms with E-state index < -0.39 is 139 Å². The molecule has 6 aliphatic heterocycles. The first-order valence-corrected chi connectivity index (χ1v) is 56.0. The molecule has 9 aromatic carbocycles.